The van der Waals surface area contributed by atoms with Crippen molar-refractivity contribution in [1.29, 1.82) is 0 Å². The molecule has 62 heavy (non-hydrogen) atoms. The number of aromatic nitrogens is 1. The van der Waals surface area contributed by atoms with Crippen LogP contribution in [0.25, 0.3) is 93.2 Å². The van der Waals surface area contributed by atoms with Gasteiger partial charge in [-0.25, -0.2) is 0 Å². The van der Waals surface area contributed by atoms with Crippen LogP contribution in [0.3, 0.4) is 0 Å². The summed E-state index contributed by atoms with van der Waals surface area (Å²) < 4.78 is 2.44. The number of rotatable bonds is 7. The SMILES string of the molecule is c1ccc(-n2c3ccccc3c3ccccc32)c(-c2ccc(N(c3ccc(-c4cccc5ccccc45)cc3)c3cccc4ccccc34)cc2-c2ccc3ccccc3c2)c1. The average molecular weight is 789 g/mol. The van der Waals surface area contributed by atoms with Crippen molar-refractivity contribution in [1.82, 2.24) is 4.57 Å². The predicted molar refractivity (Wildman–Crippen MR) is 264 cm³/mol. The fraction of sp³-hybridized carbons (Fsp3) is 0. The molecule has 12 rings (SSSR count). The fourth-order valence-electron chi connectivity index (χ4n) is 9.68. The molecule has 12 aromatic rings. The Balaban J connectivity index is 1.09. The van der Waals surface area contributed by atoms with Crippen molar-refractivity contribution in [2.24, 2.45) is 0 Å². The molecule has 2 nitrogen and oxygen atoms in total. The van der Waals surface area contributed by atoms with E-state index in [2.05, 4.69) is 252 Å². The van der Waals surface area contributed by atoms with Crippen molar-refractivity contribution in [3.63, 3.8) is 0 Å². The fourth-order valence-corrected chi connectivity index (χ4v) is 9.68. The lowest BCUT2D eigenvalue weighted by Gasteiger charge is -2.28. The van der Waals surface area contributed by atoms with Crippen LogP contribution in [-0.4, -0.2) is 4.57 Å². The van der Waals surface area contributed by atoms with Gasteiger partial charge in [-0.2, -0.15) is 0 Å². The molecule has 0 aliphatic heterocycles. The Morgan fingerprint density at radius 2 is 0.806 bits per heavy atom. The molecule has 0 N–H and O–H groups in total. The van der Waals surface area contributed by atoms with E-state index >= 15 is 0 Å². The van der Waals surface area contributed by atoms with Crippen LogP contribution in [0.2, 0.25) is 0 Å². The van der Waals surface area contributed by atoms with Crippen molar-refractivity contribution >= 4 is 71.2 Å². The number of hydrogen-bond acceptors (Lipinski definition) is 1. The molecule has 1 aromatic heterocycles. The summed E-state index contributed by atoms with van der Waals surface area (Å²) in [5, 5.41) is 9.84. The van der Waals surface area contributed by atoms with Gasteiger partial charge in [-0.15, -0.1) is 0 Å². The zero-order chi connectivity index (χ0) is 41.0. The first kappa shape index (κ1) is 35.7. The van der Waals surface area contributed by atoms with Crippen LogP contribution in [0.15, 0.2) is 243 Å². The Morgan fingerprint density at radius 3 is 1.56 bits per heavy atom. The highest BCUT2D eigenvalue weighted by Crippen LogP contribution is 2.45. The normalized spacial score (nSPS) is 11.5. The van der Waals surface area contributed by atoms with E-state index < -0.39 is 0 Å². The number of fused-ring (bicyclic) bond motifs is 6. The van der Waals surface area contributed by atoms with E-state index in [1.165, 1.54) is 87.5 Å². The topological polar surface area (TPSA) is 8.17 Å². The minimum atomic E-state index is 1.08. The van der Waals surface area contributed by atoms with Crippen molar-refractivity contribution < 1.29 is 0 Å². The molecule has 0 fully saturated rings. The van der Waals surface area contributed by atoms with Crippen LogP contribution in [0.4, 0.5) is 17.1 Å². The minimum Gasteiger partial charge on any atom is -0.310 e. The van der Waals surface area contributed by atoms with Gasteiger partial charge in [0.1, 0.15) is 0 Å². The molecule has 0 aliphatic rings. The maximum Gasteiger partial charge on any atom is 0.0541 e. The minimum absolute atomic E-state index is 1.08. The Morgan fingerprint density at radius 1 is 0.274 bits per heavy atom. The van der Waals surface area contributed by atoms with Gasteiger partial charge >= 0.3 is 0 Å². The van der Waals surface area contributed by atoms with E-state index in [4.69, 9.17) is 0 Å². The summed E-state index contributed by atoms with van der Waals surface area (Å²) >= 11 is 0. The summed E-state index contributed by atoms with van der Waals surface area (Å²) in [6.07, 6.45) is 0. The Bertz CT molecular complexity index is 3590. The van der Waals surface area contributed by atoms with E-state index in [1.54, 1.807) is 0 Å². The molecule has 11 aromatic carbocycles. The molecule has 1 heterocycles. The zero-order valence-corrected chi connectivity index (χ0v) is 34.0. The monoisotopic (exact) mass is 788 g/mol. The van der Waals surface area contributed by atoms with Crippen LogP contribution in [-0.2, 0) is 0 Å². The van der Waals surface area contributed by atoms with Crippen molar-refractivity contribution in [2.45, 2.75) is 0 Å². The van der Waals surface area contributed by atoms with Crippen LogP contribution in [0.5, 0.6) is 0 Å². The summed E-state index contributed by atoms with van der Waals surface area (Å²) in [4.78, 5) is 2.43. The van der Waals surface area contributed by atoms with E-state index in [9.17, 15) is 0 Å². The molecule has 0 saturated carbocycles. The lowest BCUT2D eigenvalue weighted by Crippen LogP contribution is -2.11. The van der Waals surface area contributed by atoms with E-state index in [0.29, 0.717) is 0 Å². The first-order valence-corrected chi connectivity index (χ1v) is 21.3. The molecule has 0 radical (unpaired) electrons. The standard InChI is InChI=1S/C60H40N2/c1-2-18-45-39-46(32-31-41(45)15-1)56-40-48(37-38-52(56)53-23-7-10-27-58(53)62-59-28-11-8-24-54(59)55-25-9-12-29-60(55)62)61(57-30-14-20-43-17-4-6-22-51(43)57)47-35-33-44(34-36-47)50-26-13-19-42-16-3-5-21-49(42)50/h1-40H. The number of nitrogens with zero attached hydrogens (tertiary/aromatic N) is 2. The third kappa shape index (κ3) is 5.96. The van der Waals surface area contributed by atoms with E-state index in [1.807, 2.05) is 0 Å². The molecule has 0 bridgehead atoms. The van der Waals surface area contributed by atoms with Crippen LogP contribution in [0.1, 0.15) is 0 Å². The van der Waals surface area contributed by atoms with Crippen molar-refractivity contribution in [2.75, 3.05) is 4.90 Å². The van der Waals surface area contributed by atoms with E-state index in [0.717, 1.165) is 22.7 Å². The smallest absolute Gasteiger partial charge is 0.0541 e. The maximum absolute atomic E-state index is 2.44. The number of benzene rings is 11. The molecule has 0 unspecified atom stereocenters. The number of para-hydroxylation sites is 3. The van der Waals surface area contributed by atoms with Gasteiger partial charge < -0.3 is 9.47 Å². The van der Waals surface area contributed by atoms with Crippen molar-refractivity contribution in [3.8, 4) is 39.1 Å². The molecular weight excluding hydrogens is 749 g/mol. The highest BCUT2D eigenvalue weighted by Gasteiger charge is 2.21. The molecule has 0 spiro atoms. The van der Waals surface area contributed by atoms with Gasteiger partial charge in [0.25, 0.3) is 0 Å². The van der Waals surface area contributed by atoms with Gasteiger partial charge in [0.05, 0.1) is 22.4 Å². The van der Waals surface area contributed by atoms with Gasteiger partial charge in [0, 0.05) is 33.1 Å². The first-order chi connectivity index (χ1) is 30.8. The van der Waals surface area contributed by atoms with Gasteiger partial charge in [-0.1, -0.05) is 188 Å². The summed E-state index contributed by atoms with van der Waals surface area (Å²) in [6.45, 7) is 0. The third-order valence-corrected chi connectivity index (χ3v) is 12.6. The van der Waals surface area contributed by atoms with Gasteiger partial charge in [-0.3, -0.25) is 0 Å². The number of hydrogen-bond donors (Lipinski definition) is 0. The molecule has 2 heteroatoms. The Kier molecular flexibility index (Phi) is 8.53. The predicted octanol–water partition coefficient (Wildman–Crippen LogP) is 16.7. The van der Waals surface area contributed by atoms with Gasteiger partial charge in [0.2, 0.25) is 0 Å². The summed E-state index contributed by atoms with van der Waals surface area (Å²) in [6, 6.07) is 88.7. The Labute approximate surface area is 360 Å². The largest absolute Gasteiger partial charge is 0.310 e. The molecule has 0 atom stereocenters. The molecular formula is C60H40N2. The second kappa shape index (κ2) is 14.8. The quantitative estimate of drug-likeness (QED) is 0.156. The molecule has 0 saturated heterocycles. The average Bonchev–Trinajstić information content (AvgIpc) is 3.68. The molecule has 0 aliphatic carbocycles. The highest BCUT2D eigenvalue weighted by molar-refractivity contribution is 6.10. The summed E-state index contributed by atoms with van der Waals surface area (Å²) in [5.74, 6) is 0. The highest BCUT2D eigenvalue weighted by atomic mass is 15.1. The lowest BCUT2D eigenvalue weighted by molar-refractivity contribution is 1.18. The second-order valence-electron chi connectivity index (χ2n) is 16.1. The van der Waals surface area contributed by atoms with Crippen LogP contribution in [0, 0.1) is 0 Å². The van der Waals surface area contributed by atoms with E-state index in [-0.39, 0.29) is 0 Å². The van der Waals surface area contributed by atoms with Crippen molar-refractivity contribution in [3.05, 3.63) is 243 Å². The van der Waals surface area contributed by atoms with Crippen LogP contribution >= 0.6 is 0 Å². The molecule has 290 valence electrons. The van der Waals surface area contributed by atoms with Crippen LogP contribution < -0.4 is 4.90 Å². The lowest BCUT2D eigenvalue weighted by atomic mass is 9.91. The zero-order valence-electron chi connectivity index (χ0n) is 34.0. The maximum atomic E-state index is 2.44. The van der Waals surface area contributed by atoms with Gasteiger partial charge in [0.15, 0.2) is 0 Å². The summed E-state index contributed by atoms with van der Waals surface area (Å²) in [5.41, 5.74) is 13.9. The molecule has 0 amide bonds. The Hall–Kier alpha value is -8.20. The number of anilines is 3. The third-order valence-electron chi connectivity index (χ3n) is 12.6. The second-order valence-corrected chi connectivity index (χ2v) is 16.1. The van der Waals surface area contributed by atoms with Gasteiger partial charge in [-0.05, 0) is 109 Å². The first-order valence-electron chi connectivity index (χ1n) is 21.3. The summed E-state index contributed by atoms with van der Waals surface area (Å²) in [7, 11) is 0.